The largest absolute Gasteiger partial charge is 0.508 e. The average Bonchev–Trinajstić information content (AvgIpc) is 2.82. The summed E-state index contributed by atoms with van der Waals surface area (Å²) in [6.45, 7) is 3.58. The minimum atomic E-state index is -1.75. The second kappa shape index (κ2) is 14.4. The van der Waals surface area contributed by atoms with Crippen LogP contribution in [-0.2, 0) is 35.2 Å². The fourth-order valence-electron chi connectivity index (χ4n) is 3.19. The number of primary amides is 1. The SMILES string of the molecule is CCC(C)C(N)C(=O)NC(Cc1ccc(O)cc1)C(=O)NC(CC(=O)O)C(=O)NC(CC(N)=O)C(=O)O. The van der Waals surface area contributed by atoms with Crippen LogP contribution in [0.4, 0.5) is 0 Å². The molecular weight excluding hydrogens is 490 g/mol. The summed E-state index contributed by atoms with van der Waals surface area (Å²) < 4.78 is 0. The molecule has 5 unspecified atom stereocenters. The smallest absolute Gasteiger partial charge is 0.326 e. The molecular formula is C23H33N5O9. The molecule has 14 nitrogen and oxygen atoms in total. The number of rotatable bonds is 15. The van der Waals surface area contributed by atoms with E-state index in [-0.39, 0.29) is 18.1 Å². The maximum atomic E-state index is 13.1. The lowest BCUT2D eigenvalue weighted by atomic mass is 9.98. The summed E-state index contributed by atoms with van der Waals surface area (Å²) in [5.41, 5.74) is 11.5. The number of carboxylic acids is 2. The van der Waals surface area contributed by atoms with Gasteiger partial charge in [-0.25, -0.2) is 4.79 Å². The molecule has 10 N–H and O–H groups in total. The zero-order chi connectivity index (χ0) is 28.3. The molecule has 0 aromatic heterocycles. The number of phenolic OH excluding ortho intramolecular Hbond substituents is 1. The molecule has 14 heteroatoms. The highest BCUT2D eigenvalue weighted by molar-refractivity contribution is 5.96. The van der Waals surface area contributed by atoms with Crippen LogP contribution in [0.3, 0.4) is 0 Å². The van der Waals surface area contributed by atoms with Crippen molar-refractivity contribution in [1.82, 2.24) is 16.0 Å². The van der Waals surface area contributed by atoms with Crippen LogP contribution in [0.5, 0.6) is 5.75 Å². The van der Waals surface area contributed by atoms with Crippen LogP contribution in [0.15, 0.2) is 24.3 Å². The van der Waals surface area contributed by atoms with Crippen LogP contribution < -0.4 is 27.4 Å². The summed E-state index contributed by atoms with van der Waals surface area (Å²) in [5.74, 6) is -7.14. The number of aliphatic carboxylic acids is 2. The number of benzene rings is 1. The van der Waals surface area contributed by atoms with Gasteiger partial charge in [0, 0.05) is 6.42 Å². The van der Waals surface area contributed by atoms with E-state index in [0.29, 0.717) is 12.0 Å². The maximum Gasteiger partial charge on any atom is 0.326 e. The van der Waals surface area contributed by atoms with E-state index in [1.807, 2.05) is 12.2 Å². The van der Waals surface area contributed by atoms with Crippen molar-refractivity contribution >= 4 is 35.6 Å². The Labute approximate surface area is 212 Å². The zero-order valence-electron chi connectivity index (χ0n) is 20.5. The Morgan fingerprint density at radius 3 is 1.84 bits per heavy atom. The minimum Gasteiger partial charge on any atom is -0.508 e. The topological polar surface area (TPSA) is 251 Å². The van der Waals surface area contributed by atoms with E-state index in [4.69, 9.17) is 11.5 Å². The van der Waals surface area contributed by atoms with E-state index in [1.165, 1.54) is 24.3 Å². The summed E-state index contributed by atoms with van der Waals surface area (Å²) in [7, 11) is 0. The van der Waals surface area contributed by atoms with Crippen molar-refractivity contribution in [2.45, 2.75) is 63.7 Å². The van der Waals surface area contributed by atoms with E-state index >= 15 is 0 Å². The van der Waals surface area contributed by atoms with Crippen LogP contribution in [0, 0.1) is 5.92 Å². The number of aromatic hydroxyl groups is 1. The number of carbonyl (C=O) groups is 6. The minimum absolute atomic E-state index is 0.0327. The van der Waals surface area contributed by atoms with E-state index < -0.39 is 72.6 Å². The predicted molar refractivity (Wildman–Crippen MR) is 129 cm³/mol. The van der Waals surface area contributed by atoms with Gasteiger partial charge in [-0.1, -0.05) is 32.4 Å². The quantitative estimate of drug-likeness (QED) is 0.128. The molecule has 0 spiro atoms. The zero-order valence-corrected chi connectivity index (χ0v) is 20.5. The lowest BCUT2D eigenvalue weighted by molar-refractivity contribution is -0.144. The van der Waals surface area contributed by atoms with Gasteiger partial charge in [-0.3, -0.25) is 24.0 Å². The summed E-state index contributed by atoms with van der Waals surface area (Å²) >= 11 is 0. The molecule has 4 amide bonds. The highest BCUT2D eigenvalue weighted by Crippen LogP contribution is 2.13. The van der Waals surface area contributed by atoms with Gasteiger partial charge >= 0.3 is 11.9 Å². The van der Waals surface area contributed by atoms with Gasteiger partial charge in [-0.2, -0.15) is 0 Å². The molecule has 0 bridgehead atoms. The van der Waals surface area contributed by atoms with E-state index in [1.54, 1.807) is 6.92 Å². The van der Waals surface area contributed by atoms with Gasteiger partial charge in [0.2, 0.25) is 23.6 Å². The van der Waals surface area contributed by atoms with Crippen molar-refractivity contribution in [3.8, 4) is 5.75 Å². The van der Waals surface area contributed by atoms with Crippen molar-refractivity contribution in [2.24, 2.45) is 17.4 Å². The van der Waals surface area contributed by atoms with Gasteiger partial charge in [0.05, 0.1) is 18.9 Å². The van der Waals surface area contributed by atoms with Crippen LogP contribution in [-0.4, -0.2) is 75.1 Å². The van der Waals surface area contributed by atoms with Crippen molar-refractivity contribution in [3.05, 3.63) is 29.8 Å². The first-order chi connectivity index (χ1) is 17.2. The maximum absolute atomic E-state index is 13.1. The highest BCUT2D eigenvalue weighted by Gasteiger charge is 2.32. The molecule has 0 fully saturated rings. The molecule has 0 aliphatic rings. The number of hydrogen-bond acceptors (Lipinski definition) is 8. The molecule has 0 saturated carbocycles. The molecule has 1 aromatic carbocycles. The van der Waals surface area contributed by atoms with Gasteiger partial charge < -0.3 is 42.7 Å². The highest BCUT2D eigenvalue weighted by atomic mass is 16.4. The van der Waals surface area contributed by atoms with Crippen LogP contribution in [0.2, 0.25) is 0 Å². The molecule has 0 aliphatic carbocycles. The predicted octanol–water partition coefficient (Wildman–Crippen LogP) is -1.80. The van der Waals surface area contributed by atoms with Gasteiger partial charge in [0.15, 0.2) is 0 Å². The first-order valence-electron chi connectivity index (χ1n) is 11.4. The summed E-state index contributed by atoms with van der Waals surface area (Å²) in [4.78, 5) is 72.2. The fraction of sp³-hybridized carbons (Fsp3) is 0.478. The van der Waals surface area contributed by atoms with Crippen molar-refractivity contribution in [1.29, 1.82) is 0 Å². The van der Waals surface area contributed by atoms with Gasteiger partial charge in [0.25, 0.3) is 0 Å². The first kappa shape index (κ1) is 30.8. The fourth-order valence-corrected chi connectivity index (χ4v) is 3.19. The number of nitrogens with one attached hydrogen (secondary N) is 3. The standard InChI is InChI=1S/C23H33N5O9/c1-3-11(2)19(25)22(35)27-14(8-12-4-6-13(29)7-5-12)20(33)26-15(10-18(31)32)21(34)28-16(23(36)37)9-17(24)30/h4-7,11,14-16,19,29H,3,8-10,25H2,1-2H3,(H2,24,30)(H,26,33)(H,27,35)(H,28,34)(H,31,32)(H,36,37). The number of amides is 4. The second-order valence-corrected chi connectivity index (χ2v) is 8.57. The molecule has 0 aliphatic heterocycles. The Bertz CT molecular complexity index is 999. The molecule has 1 aromatic rings. The molecule has 37 heavy (non-hydrogen) atoms. The van der Waals surface area contributed by atoms with Crippen LogP contribution >= 0.6 is 0 Å². The number of carboxylic acid groups (broad SMARTS) is 2. The average molecular weight is 524 g/mol. The lowest BCUT2D eigenvalue weighted by Gasteiger charge is -2.25. The molecule has 0 radical (unpaired) electrons. The summed E-state index contributed by atoms with van der Waals surface area (Å²) in [5, 5.41) is 34.6. The normalized spacial score (nSPS) is 14.8. The van der Waals surface area contributed by atoms with E-state index in [2.05, 4.69) is 10.6 Å². The van der Waals surface area contributed by atoms with Crippen molar-refractivity contribution in [3.63, 3.8) is 0 Å². The molecule has 1 rings (SSSR count). The van der Waals surface area contributed by atoms with E-state index in [0.717, 1.165) is 0 Å². The first-order valence-corrected chi connectivity index (χ1v) is 11.4. The van der Waals surface area contributed by atoms with Crippen LogP contribution in [0.25, 0.3) is 0 Å². The van der Waals surface area contributed by atoms with Gasteiger partial charge in [-0.15, -0.1) is 0 Å². The third-order valence-electron chi connectivity index (χ3n) is 5.60. The monoisotopic (exact) mass is 523 g/mol. The lowest BCUT2D eigenvalue weighted by Crippen LogP contribution is -2.58. The number of hydrogen-bond donors (Lipinski definition) is 8. The van der Waals surface area contributed by atoms with Crippen LogP contribution in [0.1, 0.15) is 38.7 Å². The number of phenols is 1. The molecule has 0 heterocycles. The number of nitrogens with two attached hydrogens (primary N) is 2. The molecule has 0 saturated heterocycles. The van der Waals surface area contributed by atoms with Gasteiger partial charge in [-0.05, 0) is 23.6 Å². The third kappa shape index (κ3) is 10.5. The molecule has 5 atom stereocenters. The van der Waals surface area contributed by atoms with Gasteiger partial charge in [0.1, 0.15) is 23.9 Å². The Morgan fingerprint density at radius 1 is 0.838 bits per heavy atom. The Hall–Kier alpha value is -4.20. The summed E-state index contributed by atoms with van der Waals surface area (Å²) in [6.07, 6.45) is -1.21. The Balaban J connectivity index is 3.18. The van der Waals surface area contributed by atoms with Crippen molar-refractivity contribution < 1.29 is 44.1 Å². The van der Waals surface area contributed by atoms with Crippen molar-refractivity contribution in [2.75, 3.05) is 0 Å². The second-order valence-electron chi connectivity index (χ2n) is 8.57. The Morgan fingerprint density at radius 2 is 1.35 bits per heavy atom. The summed E-state index contributed by atoms with van der Waals surface area (Å²) in [6, 6.07) is -0.0368. The molecule has 204 valence electrons. The number of carbonyl (C=O) groups excluding carboxylic acids is 4. The van der Waals surface area contributed by atoms with E-state index in [9.17, 15) is 44.1 Å². The Kier molecular flexibility index (Phi) is 12.0. The third-order valence-corrected chi connectivity index (χ3v) is 5.60.